The largest absolute Gasteiger partial charge is 0.486 e. The predicted octanol–water partition coefficient (Wildman–Crippen LogP) is 1.80. The van der Waals surface area contributed by atoms with E-state index in [1.807, 2.05) is 6.07 Å². The zero-order chi connectivity index (χ0) is 18.6. The number of fused-ring (bicyclic) bond motifs is 1. The van der Waals surface area contributed by atoms with E-state index in [4.69, 9.17) is 19.5 Å². The van der Waals surface area contributed by atoms with Crippen LogP contribution in [-0.4, -0.2) is 53.2 Å². The van der Waals surface area contributed by atoms with Gasteiger partial charge in [-0.25, -0.2) is 9.97 Å². The second-order valence-electron chi connectivity index (χ2n) is 6.28. The zero-order valence-corrected chi connectivity index (χ0v) is 14.6. The molecule has 8 heteroatoms. The Morgan fingerprint density at radius 3 is 3.00 bits per heavy atom. The highest BCUT2D eigenvalue weighted by molar-refractivity contribution is 5.98. The van der Waals surface area contributed by atoms with Gasteiger partial charge in [-0.3, -0.25) is 4.79 Å². The number of carbonyl (C=O) groups is 1. The van der Waals surface area contributed by atoms with Crippen LogP contribution < -0.4 is 14.2 Å². The minimum Gasteiger partial charge on any atom is -0.486 e. The highest BCUT2D eigenvalue weighted by Crippen LogP contribution is 2.34. The molecule has 2 aromatic rings. The fourth-order valence-corrected chi connectivity index (χ4v) is 3.28. The number of para-hydroxylation sites is 1. The molecule has 2 aliphatic heterocycles. The van der Waals surface area contributed by atoms with Gasteiger partial charge in [0.2, 0.25) is 5.69 Å². The summed E-state index contributed by atoms with van der Waals surface area (Å²) in [5, 5.41) is 9.13. The summed E-state index contributed by atoms with van der Waals surface area (Å²) in [7, 11) is 0. The van der Waals surface area contributed by atoms with Crippen LogP contribution in [0, 0.1) is 11.3 Å². The van der Waals surface area contributed by atoms with Crippen LogP contribution in [0.4, 0.5) is 0 Å². The van der Waals surface area contributed by atoms with Crippen molar-refractivity contribution < 1.29 is 19.0 Å². The van der Waals surface area contributed by atoms with Gasteiger partial charge < -0.3 is 19.1 Å². The number of ether oxygens (including phenoxy) is 3. The highest BCUT2D eigenvalue weighted by Gasteiger charge is 2.29. The third-order valence-corrected chi connectivity index (χ3v) is 4.51. The smallest absolute Gasteiger partial charge is 0.257 e. The Hall–Kier alpha value is -3.34. The molecule has 138 valence electrons. The molecule has 3 heterocycles. The molecule has 1 atom stereocenters. The van der Waals surface area contributed by atoms with Gasteiger partial charge in [0.1, 0.15) is 25.4 Å². The number of hydrogen-bond donors (Lipinski definition) is 0. The fraction of sp³-hybridized carbons (Fsp3) is 0.368. The monoisotopic (exact) mass is 366 g/mol. The number of hydrogen-bond acceptors (Lipinski definition) is 7. The van der Waals surface area contributed by atoms with Gasteiger partial charge in [-0.1, -0.05) is 6.07 Å². The quantitative estimate of drug-likeness (QED) is 0.817. The summed E-state index contributed by atoms with van der Waals surface area (Å²) in [5.74, 6) is 1.17. The first-order valence-electron chi connectivity index (χ1n) is 8.82. The molecular formula is C19H18N4O4. The van der Waals surface area contributed by atoms with Crippen LogP contribution in [0.2, 0.25) is 0 Å². The van der Waals surface area contributed by atoms with E-state index in [-0.39, 0.29) is 23.6 Å². The van der Waals surface area contributed by atoms with Crippen LogP contribution in [0.5, 0.6) is 17.4 Å². The molecule has 2 aliphatic rings. The zero-order valence-electron chi connectivity index (χ0n) is 14.6. The third kappa shape index (κ3) is 3.49. The molecule has 1 saturated heterocycles. The summed E-state index contributed by atoms with van der Waals surface area (Å²) in [6, 6.07) is 7.30. The van der Waals surface area contributed by atoms with Crippen molar-refractivity contribution in [1.29, 1.82) is 5.26 Å². The van der Waals surface area contributed by atoms with E-state index in [1.54, 1.807) is 23.1 Å². The van der Waals surface area contributed by atoms with Crippen molar-refractivity contribution in [1.82, 2.24) is 14.9 Å². The van der Waals surface area contributed by atoms with E-state index < -0.39 is 0 Å². The van der Waals surface area contributed by atoms with Gasteiger partial charge in [-0.2, -0.15) is 5.26 Å². The van der Waals surface area contributed by atoms with Gasteiger partial charge in [-0.15, -0.1) is 0 Å². The average Bonchev–Trinajstić information content (AvgIpc) is 2.73. The minimum atomic E-state index is -0.247. The molecule has 1 unspecified atom stereocenters. The number of rotatable bonds is 3. The van der Waals surface area contributed by atoms with Gasteiger partial charge in [-0.05, 0) is 25.0 Å². The number of nitriles is 1. The van der Waals surface area contributed by atoms with Crippen molar-refractivity contribution in [3.8, 4) is 23.4 Å². The number of piperidine rings is 1. The Labute approximate surface area is 156 Å². The second-order valence-corrected chi connectivity index (χ2v) is 6.28. The van der Waals surface area contributed by atoms with Crippen LogP contribution in [0.25, 0.3) is 0 Å². The molecule has 0 N–H and O–H groups in total. The van der Waals surface area contributed by atoms with Gasteiger partial charge in [0.25, 0.3) is 11.8 Å². The summed E-state index contributed by atoms with van der Waals surface area (Å²) < 4.78 is 17.1. The van der Waals surface area contributed by atoms with Gasteiger partial charge in [0.05, 0.1) is 12.1 Å². The molecule has 1 aromatic carbocycles. The van der Waals surface area contributed by atoms with E-state index >= 15 is 0 Å². The summed E-state index contributed by atoms with van der Waals surface area (Å²) in [6.45, 7) is 1.94. The lowest BCUT2D eigenvalue weighted by Gasteiger charge is -2.33. The first-order valence-corrected chi connectivity index (χ1v) is 8.82. The van der Waals surface area contributed by atoms with Crippen LogP contribution in [0.15, 0.2) is 30.6 Å². The van der Waals surface area contributed by atoms with E-state index in [2.05, 4.69) is 9.97 Å². The lowest BCUT2D eigenvalue weighted by Crippen LogP contribution is -2.44. The molecule has 0 radical (unpaired) electrons. The van der Waals surface area contributed by atoms with E-state index in [1.165, 1.54) is 12.4 Å². The molecule has 0 bridgehead atoms. The third-order valence-electron chi connectivity index (χ3n) is 4.51. The number of likely N-dealkylation sites (tertiary alicyclic amines) is 1. The normalized spacial score (nSPS) is 18.5. The molecule has 0 aliphatic carbocycles. The summed E-state index contributed by atoms with van der Waals surface area (Å²) in [5.41, 5.74) is 0.633. The maximum Gasteiger partial charge on any atom is 0.257 e. The van der Waals surface area contributed by atoms with Crippen LogP contribution in [0.3, 0.4) is 0 Å². The SMILES string of the molecule is N#Cc1nccnc1OC1CCCN(C(=O)c2cccc3c2OCCO3)C1. The predicted molar refractivity (Wildman–Crippen MR) is 93.7 cm³/mol. The molecule has 0 saturated carbocycles. The molecule has 4 rings (SSSR count). The Morgan fingerprint density at radius 1 is 1.26 bits per heavy atom. The molecular weight excluding hydrogens is 348 g/mol. The van der Waals surface area contributed by atoms with E-state index in [9.17, 15) is 4.79 Å². The van der Waals surface area contributed by atoms with E-state index in [0.717, 1.165) is 12.8 Å². The Bertz CT molecular complexity index is 896. The van der Waals surface area contributed by atoms with Crippen LogP contribution in [0.1, 0.15) is 28.9 Å². The van der Waals surface area contributed by atoms with Crippen LogP contribution in [-0.2, 0) is 0 Å². The van der Waals surface area contributed by atoms with Crippen molar-refractivity contribution in [3.63, 3.8) is 0 Å². The number of amides is 1. The summed E-state index contributed by atoms with van der Waals surface area (Å²) >= 11 is 0. The summed E-state index contributed by atoms with van der Waals surface area (Å²) in [4.78, 5) is 22.8. The first kappa shape index (κ1) is 17.1. The molecule has 1 aromatic heterocycles. The highest BCUT2D eigenvalue weighted by atomic mass is 16.6. The lowest BCUT2D eigenvalue weighted by atomic mass is 10.1. The van der Waals surface area contributed by atoms with Gasteiger partial charge in [0, 0.05) is 18.9 Å². The molecule has 1 fully saturated rings. The molecule has 0 spiro atoms. The van der Waals surface area contributed by atoms with Gasteiger partial charge >= 0.3 is 0 Å². The van der Waals surface area contributed by atoms with Crippen molar-refractivity contribution in [2.45, 2.75) is 18.9 Å². The molecule has 1 amide bonds. The second kappa shape index (κ2) is 7.50. The Kier molecular flexibility index (Phi) is 4.75. The molecule has 27 heavy (non-hydrogen) atoms. The fourth-order valence-electron chi connectivity index (χ4n) is 3.28. The van der Waals surface area contributed by atoms with Gasteiger partial charge in [0.15, 0.2) is 11.5 Å². The van der Waals surface area contributed by atoms with Crippen molar-refractivity contribution in [2.24, 2.45) is 0 Å². The molecule has 8 nitrogen and oxygen atoms in total. The summed E-state index contributed by atoms with van der Waals surface area (Å²) in [6.07, 6.45) is 4.25. The lowest BCUT2D eigenvalue weighted by molar-refractivity contribution is 0.0518. The maximum atomic E-state index is 13.0. The Morgan fingerprint density at radius 2 is 2.11 bits per heavy atom. The number of carbonyl (C=O) groups excluding carboxylic acids is 1. The minimum absolute atomic E-state index is 0.120. The standard InChI is InChI=1S/C19H18N4O4/c20-11-15-18(22-7-6-21-15)27-13-3-2-8-23(12-13)19(24)14-4-1-5-16-17(14)26-10-9-25-16/h1,4-7,13H,2-3,8-10,12H2. The number of nitrogens with zero attached hydrogens (tertiary/aromatic N) is 4. The first-order chi connectivity index (χ1) is 13.3. The average molecular weight is 366 g/mol. The maximum absolute atomic E-state index is 13.0. The van der Waals surface area contributed by atoms with Crippen LogP contribution >= 0.6 is 0 Å². The number of aromatic nitrogens is 2. The van der Waals surface area contributed by atoms with Crippen molar-refractivity contribution >= 4 is 5.91 Å². The Balaban J connectivity index is 1.50. The number of benzene rings is 1. The van der Waals surface area contributed by atoms with Crippen molar-refractivity contribution in [2.75, 3.05) is 26.3 Å². The van der Waals surface area contributed by atoms with E-state index in [0.29, 0.717) is 43.4 Å². The topological polar surface area (TPSA) is 97.6 Å². The van der Waals surface area contributed by atoms with Crippen molar-refractivity contribution in [3.05, 3.63) is 41.9 Å².